The second-order valence-electron chi connectivity index (χ2n) is 2.92. The summed E-state index contributed by atoms with van der Waals surface area (Å²) in [5.74, 6) is -0.870. The fourth-order valence-electron chi connectivity index (χ4n) is 0.804. The Morgan fingerprint density at radius 2 is 1.93 bits per heavy atom. The van der Waals surface area contributed by atoms with E-state index in [1.807, 2.05) is 6.92 Å². The molecule has 0 radical (unpaired) electrons. The van der Waals surface area contributed by atoms with E-state index in [1.165, 1.54) is 0 Å². The number of nitrogens with one attached hydrogen (secondary N) is 1. The molecule has 0 bridgehead atoms. The van der Waals surface area contributed by atoms with Gasteiger partial charge in [0.2, 0.25) is 11.8 Å². The number of primary amides is 1. The van der Waals surface area contributed by atoms with Crippen LogP contribution in [0.3, 0.4) is 0 Å². The zero-order valence-electron chi connectivity index (χ0n) is 8.95. The van der Waals surface area contributed by atoms with Crippen molar-refractivity contribution in [3.05, 3.63) is 0 Å². The van der Waals surface area contributed by atoms with E-state index in [0.29, 0.717) is 19.8 Å². The van der Waals surface area contributed by atoms with Crippen molar-refractivity contribution in [2.45, 2.75) is 13.3 Å². The summed E-state index contributed by atoms with van der Waals surface area (Å²) in [4.78, 5) is 21.3. The van der Waals surface area contributed by atoms with Crippen molar-refractivity contribution in [1.29, 1.82) is 0 Å². The van der Waals surface area contributed by atoms with E-state index in [2.05, 4.69) is 5.32 Å². The van der Waals surface area contributed by atoms with Gasteiger partial charge in [-0.2, -0.15) is 0 Å². The summed E-state index contributed by atoms with van der Waals surface area (Å²) in [5.41, 5.74) is 4.82. The zero-order chi connectivity index (χ0) is 11.5. The Labute approximate surface area is 89.1 Å². The van der Waals surface area contributed by atoms with Gasteiger partial charge >= 0.3 is 0 Å². The molecule has 0 aromatic carbocycles. The summed E-state index contributed by atoms with van der Waals surface area (Å²) in [7, 11) is 0. The van der Waals surface area contributed by atoms with Gasteiger partial charge in [0.15, 0.2) is 0 Å². The molecule has 15 heavy (non-hydrogen) atoms. The van der Waals surface area contributed by atoms with E-state index in [4.69, 9.17) is 15.2 Å². The maximum absolute atomic E-state index is 11.0. The fraction of sp³-hybridized carbons (Fsp3) is 0.778. The van der Waals surface area contributed by atoms with Crippen LogP contribution in [0.2, 0.25) is 0 Å². The highest BCUT2D eigenvalue weighted by molar-refractivity contribution is 5.78. The summed E-state index contributed by atoms with van der Waals surface area (Å²) in [6, 6.07) is 0. The van der Waals surface area contributed by atoms with Crippen LogP contribution in [0.4, 0.5) is 0 Å². The SMILES string of the molecule is CCCOCCNC(=O)COCC(N)=O. The van der Waals surface area contributed by atoms with E-state index in [-0.39, 0.29) is 19.1 Å². The van der Waals surface area contributed by atoms with Crippen LogP contribution in [0.5, 0.6) is 0 Å². The standard InChI is InChI=1S/C9H18N2O4/c1-2-4-14-5-3-11-9(13)7-15-6-8(10)12/h2-7H2,1H3,(H2,10,12)(H,11,13). The molecule has 0 aliphatic heterocycles. The van der Waals surface area contributed by atoms with Gasteiger partial charge in [-0.25, -0.2) is 0 Å². The maximum atomic E-state index is 11.0. The van der Waals surface area contributed by atoms with Gasteiger partial charge in [0.25, 0.3) is 0 Å². The topological polar surface area (TPSA) is 90.7 Å². The van der Waals surface area contributed by atoms with Gasteiger partial charge in [0.1, 0.15) is 13.2 Å². The largest absolute Gasteiger partial charge is 0.380 e. The van der Waals surface area contributed by atoms with E-state index in [9.17, 15) is 9.59 Å². The average molecular weight is 218 g/mol. The molecule has 0 rings (SSSR count). The molecule has 0 aromatic heterocycles. The van der Waals surface area contributed by atoms with Gasteiger partial charge in [0.05, 0.1) is 6.61 Å². The number of nitrogens with two attached hydrogens (primary N) is 1. The lowest BCUT2D eigenvalue weighted by Crippen LogP contribution is -2.32. The third-order valence-corrected chi connectivity index (χ3v) is 1.39. The highest BCUT2D eigenvalue weighted by atomic mass is 16.5. The molecule has 3 N–H and O–H groups in total. The van der Waals surface area contributed by atoms with Gasteiger partial charge in [-0.05, 0) is 6.42 Å². The van der Waals surface area contributed by atoms with Crippen molar-refractivity contribution in [3.63, 3.8) is 0 Å². The van der Waals surface area contributed by atoms with Gasteiger partial charge in [-0.1, -0.05) is 6.92 Å². The van der Waals surface area contributed by atoms with Crippen molar-refractivity contribution in [3.8, 4) is 0 Å². The molecule has 0 atom stereocenters. The smallest absolute Gasteiger partial charge is 0.246 e. The molecule has 0 aliphatic carbocycles. The summed E-state index contributed by atoms with van der Waals surface area (Å²) < 4.78 is 9.85. The van der Waals surface area contributed by atoms with Crippen LogP contribution >= 0.6 is 0 Å². The molecular weight excluding hydrogens is 200 g/mol. The Balaban J connectivity index is 3.22. The molecule has 6 nitrogen and oxygen atoms in total. The second kappa shape index (κ2) is 9.42. The Kier molecular flexibility index (Phi) is 8.70. The highest BCUT2D eigenvalue weighted by Crippen LogP contribution is 1.79. The first-order chi connectivity index (χ1) is 7.16. The van der Waals surface area contributed by atoms with Crippen LogP contribution in [0, 0.1) is 0 Å². The van der Waals surface area contributed by atoms with Crippen molar-refractivity contribution in [2.24, 2.45) is 5.73 Å². The zero-order valence-corrected chi connectivity index (χ0v) is 8.95. The first-order valence-corrected chi connectivity index (χ1v) is 4.87. The molecule has 2 amide bonds. The molecular formula is C9H18N2O4. The highest BCUT2D eigenvalue weighted by Gasteiger charge is 2.01. The second-order valence-corrected chi connectivity index (χ2v) is 2.92. The molecule has 0 saturated carbocycles. The number of carbonyl (C=O) groups excluding carboxylic acids is 2. The van der Waals surface area contributed by atoms with E-state index in [1.54, 1.807) is 0 Å². The molecule has 0 unspecified atom stereocenters. The molecule has 0 spiro atoms. The summed E-state index contributed by atoms with van der Waals surface area (Å²) in [5, 5.41) is 2.57. The van der Waals surface area contributed by atoms with Crippen LogP contribution in [0.15, 0.2) is 0 Å². The van der Waals surface area contributed by atoms with Crippen LogP contribution in [-0.4, -0.2) is 44.8 Å². The molecule has 6 heteroatoms. The lowest BCUT2D eigenvalue weighted by molar-refractivity contribution is -0.129. The number of ether oxygens (including phenoxy) is 2. The minimum atomic E-state index is -0.589. The molecule has 0 fully saturated rings. The minimum Gasteiger partial charge on any atom is -0.380 e. The predicted molar refractivity (Wildman–Crippen MR) is 54.1 cm³/mol. The average Bonchev–Trinajstić information content (AvgIpc) is 2.17. The summed E-state index contributed by atoms with van der Waals surface area (Å²) in [6.45, 7) is 3.23. The third-order valence-electron chi connectivity index (χ3n) is 1.39. The Hall–Kier alpha value is -1.14. The lowest BCUT2D eigenvalue weighted by atomic mass is 10.5. The number of hydrogen-bond acceptors (Lipinski definition) is 4. The molecule has 0 heterocycles. The van der Waals surface area contributed by atoms with Crippen LogP contribution in [0.25, 0.3) is 0 Å². The van der Waals surface area contributed by atoms with Crippen molar-refractivity contribution >= 4 is 11.8 Å². The Morgan fingerprint density at radius 1 is 1.20 bits per heavy atom. The third kappa shape index (κ3) is 10.8. The number of amides is 2. The summed E-state index contributed by atoms with van der Waals surface area (Å²) >= 11 is 0. The minimum absolute atomic E-state index is 0.156. The van der Waals surface area contributed by atoms with E-state index >= 15 is 0 Å². The Morgan fingerprint density at radius 3 is 2.53 bits per heavy atom. The monoisotopic (exact) mass is 218 g/mol. The number of carbonyl (C=O) groups is 2. The first kappa shape index (κ1) is 13.9. The quantitative estimate of drug-likeness (QED) is 0.487. The molecule has 88 valence electrons. The van der Waals surface area contributed by atoms with Gasteiger partial charge in [-0.15, -0.1) is 0 Å². The van der Waals surface area contributed by atoms with Crippen molar-refractivity contribution in [1.82, 2.24) is 5.32 Å². The van der Waals surface area contributed by atoms with Crippen LogP contribution < -0.4 is 11.1 Å². The first-order valence-electron chi connectivity index (χ1n) is 4.87. The van der Waals surface area contributed by atoms with Crippen molar-refractivity contribution < 1.29 is 19.1 Å². The normalized spacial score (nSPS) is 9.93. The van der Waals surface area contributed by atoms with E-state index in [0.717, 1.165) is 6.42 Å². The molecule has 0 aliphatic rings. The van der Waals surface area contributed by atoms with Gasteiger partial charge in [0, 0.05) is 13.2 Å². The van der Waals surface area contributed by atoms with Gasteiger partial charge < -0.3 is 20.5 Å². The molecule has 0 saturated heterocycles. The van der Waals surface area contributed by atoms with Gasteiger partial charge in [-0.3, -0.25) is 9.59 Å². The molecule has 0 aromatic rings. The lowest BCUT2D eigenvalue weighted by Gasteiger charge is -2.05. The Bertz CT molecular complexity index is 197. The number of rotatable bonds is 9. The fourth-order valence-corrected chi connectivity index (χ4v) is 0.804. The summed E-state index contributed by atoms with van der Waals surface area (Å²) in [6.07, 6.45) is 0.954. The van der Waals surface area contributed by atoms with E-state index < -0.39 is 5.91 Å². The predicted octanol–water partition coefficient (Wildman–Crippen LogP) is -0.969. The van der Waals surface area contributed by atoms with Crippen LogP contribution in [0.1, 0.15) is 13.3 Å². The van der Waals surface area contributed by atoms with Crippen LogP contribution in [-0.2, 0) is 19.1 Å². The number of hydrogen-bond donors (Lipinski definition) is 2. The van der Waals surface area contributed by atoms with Crippen molar-refractivity contribution in [2.75, 3.05) is 33.0 Å². The maximum Gasteiger partial charge on any atom is 0.246 e.